The van der Waals surface area contributed by atoms with Crippen molar-refractivity contribution in [1.29, 1.82) is 0 Å². The lowest BCUT2D eigenvalue weighted by atomic mass is 10.2. The quantitative estimate of drug-likeness (QED) is 0.720. The molecule has 0 aliphatic heterocycles. The van der Waals surface area contributed by atoms with Crippen molar-refractivity contribution in [3.8, 4) is 11.6 Å². The molecule has 0 unspecified atom stereocenters. The van der Waals surface area contributed by atoms with E-state index in [4.69, 9.17) is 27.9 Å². The first-order chi connectivity index (χ1) is 9.38. The van der Waals surface area contributed by atoms with E-state index in [1.807, 2.05) is 45.9 Å². The van der Waals surface area contributed by atoms with Crippen LogP contribution < -0.4 is 4.74 Å². The van der Waals surface area contributed by atoms with Gasteiger partial charge in [-0.1, -0.05) is 43.1 Å². The van der Waals surface area contributed by atoms with E-state index in [9.17, 15) is 0 Å². The van der Waals surface area contributed by atoms with Crippen molar-refractivity contribution < 1.29 is 4.74 Å². The Morgan fingerprint density at radius 1 is 1.10 bits per heavy atom. The average molecular weight is 311 g/mol. The van der Waals surface area contributed by atoms with Gasteiger partial charge in [-0.3, -0.25) is 0 Å². The molecule has 0 amide bonds. The predicted octanol–water partition coefficient (Wildman–Crippen LogP) is 5.32. The number of hydrogen-bond acceptors (Lipinski definition) is 3. The SMILES string of the molecule is Cc1ccc(Oc2nc(C(C)C)nc(Cl)c2C)c(Cl)c1. The van der Waals surface area contributed by atoms with Gasteiger partial charge in [-0.2, -0.15) is 4.98 Å². The highest BCUT2D eigenvalue weighted by atomic mass is 35.5. The average Bonchev–Trinajstić information content (AvgIpc) is 2.37. The highest BCUT2D eigenvalue weighted by Crippen LogP contribution is 2.33. The number of halogens is 2. The van der Waals surface area contributed by atoms with Crippen molar-refractivity contribution in [3.05, 3.63) is 45.3 Å². The third-order valence-electron chi connectivity index (χ3n) is 2.87. The van der Waals surface area contributed by atoms with E-state index in [1.165, 1.54) is 0 Å². The first kappa shape index (κ1) is 15.1. The van der Waals surface area contributed by atoms with Crippen LogP contribution in [0.5, 0.6) is 11.6 Å². The van der Waals surface area contributed by atoms with Crippen LogP contribution in [0.1, 0.15) is 36.7 Å². The monoisotopic (exact) mass is 310 g/mol. The molecule has 0 radical (unpaired) electrons. The molecule has 0 saturated heterocycles. The van der Waals surface area contributed by atoms with Crippen molar-refractivity contribution in [1.82, 2.24) is 9.97 Å². The number of benzene rings is 1. The van der Waals surface area contributed by atoms with E-state index in [-0.39, 0.29) is 5.92 Å². The molecular formula is C15H16Cl2N2O. The fourth-order valence-corrected chi connectivity index (χ4v) is 2.08. The van der Waals surface area contributed by atoms with Crippen LogP contribution in [0.3, 0.4) is 0 Å². The summed E-state index contributed by atoms with van der Waals surface area (Å²) in [6.07, 6.45) is 0. The van der Waals surface area contributed by atoms with E-state index >= 15 is 0 Å². The molecule has 1 aromatic heterocycles. The Morgan fingerprint density at radius 2 is 1.80 bits per heavy atom. The fraction of sp³-hybridized carbons (Fsp3) is 0.333. The second-order valence-electron chi connectivity index (χ2n) is 4.99. The van der Waals surface area contributed by atoms with Crippen molar-refractivity contribution in [3.63, 3.8) is 0 Å². The number of aromatic nitrogens is 2. The van der Waals surface area contributed by atoms with E-state index in [1.54, 1.807) is 0 Å². The number of rotatable bonds is 3. The van der Waals surface area contributed by atoms with Gasteiger partial charge in [-0.25, -0.2) is 4.98 Å². The molecule has 1 aromatic carbocycles. The first-order valence-corrected chi connectivity index (χ1v) is 7.12. The number of nitrogens with zero attached hydrogens (tertiary/aromatic N) is 2. The van der Waals surface area contributed by atoms with Crippen LogP contribution in [0.4, 0.5) is 0 Å². The molecule has 0 N–H and O–H groups in total. The molecular weight excluding hydrogens is 295 g/mol. The van der Waals surface area contributed by atoms with Gasteiger partial charge in [0.05, 0.1) is 5.02 Å². The molecule has 0 fully saturated rings. The molecule has 0 aliphatic rings. The van der Waals surface area contributed by atoms with Gasteiger partial charge in [0, 0.05) is 11.5 Å². The number of ether oxygens (including phenoxy) is 1. The Hall–Kier alpha value is -1.32. The Balaban J connectivity index is 2.42. The van der Waals surface area contributed by atoms with Gasteiger partial charge in [0.2, 0.25) is 5.88 Å². The molecule has 0 aliphatic carbocycles. The van der Waals surface area contributed by atoms with Crippen LogP contribution in [-0.2, 0) is 0 Å². The summed E-state index contributed by atoms with van der Waals surface area (Å²) in [6, 6.07) is 5.60. The lowest BCUT2D eigenvalue weighted by Crippen LogP contribution is -2.02. The minimum Gasteiger partial charge on any atom is -0.437 e. The zero-order valence-electron chi connectivity index (χ0n) is 11.9. The summed E-state index contributed by atoms with van der Waals surface area (Å²) in [6.45, 7) is 7.80. The van der Waals surface area contributed by atoms with Gasteiger partial charge in [0.15, 0.2) is 0 Å². The van der Waals surface area contributed by atoms with E-state index in [2.05, 4.69) is 9.97 Å². The second-order valence-corrected chi connectivity index (χ2v) is 5.76. The molecule has 2 rings (SSSR count). The molecule has 0 atom stereocenters. The maximum atomic E-state index is 6.17. The highest BCUT2D eigenvalue weighted by Gasteiger charge is 2.14. The summed E-state index contributed by atoms with van der Waals surface area (Å²) in [5.41, 5.74) is 1.77. The van der Waals surface area contributed by atoms with Gasteiger partial charge in [-0.15, -0.1) is 0 Å². The second kappa shape index (κ2) is 5.98. The molecule has 1 heterocycles. The molecule has 2 aromatic rings. The lowest BCUT2D eigenvalue weighted by Gasteiger charge is -2.13. The van der Waals surface area contributed by atoms with Crippen LogP contribution in [0, 0.1) is 13.8 Å². The molecule has 3 nitrogen and oxygen atoms in total. The number of hydrogen-bond donors (Lipinski definition) is 0. The summed E-state index contributed by atoms with van der Waals surface area (Å²) < 4.78 is 5.80. The summed E-state index contributed by atoms with van der Waals surface area (Å²) in [5.74, 6) is 1.83. The normalized spacial score (nSPS) is 10.9. The first-order valence-electron chi connectivity index (χ1n) is 6.36. The van der Waals surface area contributed by atoms with Crippen LogP contribution in [0.15, 0.2) is 18.2 Å². The topological polar surface area (TPSA) is 35.0 Å². The lowest BCUT2D eigenvalue weighted by molar-refractivity contribution is 0.452. The highest BCUT2D eigenvalue weighted by molar-refractivity contribution is 6.32. The smallest absolute Gasteiger partial charge is 0.227 e. The van der Waals surface area contributed by atoms with Gasteiger partial charge in [-0.05, 0) is 31.5 Å². The Morgan fingerprint density at radius 3 is 2.40 bits per heavy atom. The standard InChI is InChI=1S/C15H16Cl2N2O/c1-8(2)14-18-13(17)10(4)15(19-14)20-12-6-5-9(3)7-11(12)16/h5-8H,1-4H3. The minimum absolute atomic E-state index is 0.170. The van der Waals surface area contributed by atoms with E-state index in [0.29, 0.717) is 33.2 Å². The molecule has 20 heavy (non-hydrogen) atoms. The molecule has 0 bridgehead atoms. The third-order valence-corrected chi connectivity index (χ3v) is 3.53. The Kier molecular flexibility index (Phi) is 4.51. The van der Waals surface area contributed by atoms with Gasteiger partial charge in [0.1, 0.15) is 16.7 Å². The van der Waals surface area contributed by atoms with Crippen molar-refractivity contribution >= 4 is 23.2 Å². The van der Waals surface area contributed by atoms with Gasteiger partial charge in [0.25, 0.3) is 0 Å². The largest absolute Gasteiger partial charge is 0.437 e. The summed E-state index contributed by atoms with van der Waals surface area (Å²) in [4.78, 5) is 8.67. The van der Waals surface area contributed by atoms with E-state index in [0.717, 1.165) is 5.56 Å². The fourth-order valence-electron chi connectivity index (χ4n) is 1.64. The van der Waals surface area contributed by atoms with Crippen LogP contribution in [0.25, 0.3) is 0 Å². The van der Waals surface area contributed by atoms with Crippen molar-refractivity contribution in [2.75, 3.05) is 0 Å². The van der Waals surface area contributed by atoms with Gasteiger partial charge >= 0.3 is 0 Å². The van der Waals surface area contributed by atoms with E-state index < -0.39 is 0 Å². The molecule has 106 valence electrons. The third kappa shape index (κ3) is 3.22. The van der Waals surface area contributed by atoms with Crippen LogP contribution in [0.2, 0.25) is 10.2 Å². The predicted molar refractivity (Wildman–Crippen MR) is 82.1 cm³/mol. The number of aryl methyl sites for hydroxylation is 1. The minimum atomic E-state index is 0.170. The summed E-state index contributed by atoms with van der Waals surface area (Å²) in [7, 11) is 0. The molecule has 0 saturated carbocycles. The summed E-state index contributed by atoms with van der Waals surface area (Å²) in [5, 5.41) is 0.951. The van der Waals surface area contributed by atoms with Crippen LogP contribution in [-0.4, -0.2) is 9.97 Å². The Labute approximate surface area is 128 Å². The Bertz CT molecular complexity index is 642. The van der Waals surface area contributed by atoms with Crippen molar-refractivity contribution in [2.45, 2.75) is 33.6 Å². The van der Waals surface area contributed by atoms with Crippen LogP contribution >= 0.6 is 23.2 Å². The van der Waals surface area contributed by atoms with Gasteiger partial charge < -0.3 is 4.74 Å². The zero-order valence-corrected chi connectivity index (χ0v) is 13.4. The maximum Gasteiger partial charge on any atom is 0.227 e. The summed E-state index contributed by atoms with van der Waals surface area (Å²) >= 11 is 12.3. The maximum absolute atomic E-state index is 6.17. The van der Waals surface area contributed by atoms with Crippen molar-refractivity contribution in [2.24, 2.45) is 0 Å². The molecule has 0 spiro atoms. The zero-order chi connectivity index (χ0) is 14.9. The molecule has 5 heteroatoms.